The number of rotatable bonds is 22. The molecule has 59 heavy (non-hydrogen) atoms. The van der Waals surface area contributed by atoms with Crippen molar-refractivity contribution in [3.8, 4) is 0 Å². The molecule has 1 aromatic carbocycles. The quantitative estimate of drug-likeness (QED) is 0.0638. The van der Waals surface area contributed by atoms with Crippen molar-refractivity contribution in [2.75, 3.05) is 20.3 Å². The van der Waals surface area contributed by atoms with Gasteiger partial charge in [0, 0.05) is 13.0 Å². The number of hydrogen-bond donors (Lipinski definition) is 7. The average Bonchev–Trinajstić information content (AvgIpc) is 3.17. The number of nitrogens with one attached hydrogen (secondary N) is 6. The Morgan fingerprint density at radius 1 is 0.746 bits per heavy atom. The lowest BCUT2D eigenvalue weighted by Crippen LogP contribution is -2.61. The Morgan fingerprint density at radius 3 is 1.78 bits per heavy atom. The first-order chi connectivity index (χ1) is 27.5. The minimum atomic E-state index is -1.43. The monoisotopic (exact) mass is 831 g/mol. The van der Waals surface area contributed by atoms with Crippen molar-refractivity contribution in [2.45, 2.75) is 130 Å². The third-order valence-electron chi connectivity index (χ3n) is 9.26. The van der Waals surface area contributed by atoms with E-state index in [1.807, 2.05) is 6.92 Å². The van der Waals surface area contributed by atoms with Gasteiger partial charge in [-0.3, -0.25) is 28.8 Å². The van der Waals surface area contributed by atoms with Gasteiger partial charge in [0.25, 0.3) is 0 Å². The molecule has 18 heteroatoms. The predicted molar refractivity (Wildman–Crippen MR) is 219 cm³/mol. The normalized spacial score (nSPS) is 15.3. The van der Waals surface area contributed by atoms with E-state index in [1.54, 1.807) is 71.9 Å². The summed E-state index contributed by atoms with van der Waals surface area (Å²) in [5.74, 6) is -5.69. The summed E-state index contributed by atoms with van der Waals surface area (Å²) in [4.78, 5) is 107. The van der Waals surface area contributed by atoms with Crippen molar-refractivity contribution in [1.29, 1.82) is 0 Å². The van der Waals surface area contributed by atoms with Crippen LogP contribution >= 0.6 is 0 Å². The van der Waals surface area contributed by atoms with Gasteiger partial charge in [-0.2, -0.15) is 0 Å². The Bertz CT molecular complexity index is 1620. The van der Waals surface area contributed by atoms with E-state index in [0.717, 1.165) is 0 Å². The predicted octanol–water partition coefficient (Wildman–Crippen LogP) is 0.857. The second-order valence-corrected chi connectivity index (χ2v) is 15.7. The maximum atomic E-state index is 14.3. The van der Waals surface area contributed by atoms with Crippen LogP contribution in [-0.4, -0.2) is 126 Å². The molecule has 0 aromatic heterocycles. The zero-order valence-corrected chi connectivity index (χ0v) is 36.2. The lowest BCUT2D eigenvalue weighted by Gasteiger charge is -2.33. The third-order valence-corrected chi connectivity index (χ3v) is 9.26. The van der Waals surface area contributed by atoms with Crippen molar-refractivity contribution in [1.82, 2.24) is 36.8 Å². The topological polar surface area (TPSA) is 251 Å². The minimum absolute atomic E-state index is 0.00423. The molecular weight excluding hydrogens is 766 g/mol. The van der Waals surface area contributed by atoms with Gasteiger partial charge < -0.3 is 51.4 Å². The summed E-state index contributed by atoms with van der Waals surface area (Å²) < 4.78 is 9.96. The number of aliphatic hydroxyl groups excluding tert-OH is 1. The van der Waals surface area contributed by atoms with Gasteiger partial charge in [0.1, 0.15) is 47.9 Å². The van der Waals surface area contributed by atoms with Gasteiger partial charge in [0.15, 0.2) is 0 Å². The summed E-state index contributed by atoms with van der Waals surface area (Å²) in [7, 11) is 1.21. The summed E-state index contributed by atoms with van der Waals surface area (Å²) in [6.45, 7) is 18.9. The first-order valence-corrected chi connectivity index (χ1v) is 19.7. The van der Waals surface area contributed by atoms with Crippen LogP contribution in [0, 0.1) is 11.8 Å². The van der Waals surface area contributed by atoms with E-state index in [9.17, 15) is 43.5 Å². The summed E-state index contributed by atoms with van der Waals surface area (Å²) in [6.07, 6.45) is 0.946. The summed E-state index contributed by atoms with van der Waals surface area (Å²) in [5.41, 5.74) is -0.193. The lowest BCUT2D eigenvalue weighted by atomic mass is 9.96. The maximum absolute atomic E-state index is 14.3. The fraction of sp³-hybridized carbons (Fsp3) is 0.610. The van der Waals surface area contributed by atoms with Crippen molar-refractivity contribution in [3.63, 3.8) is 0 Å². The van der Waals surface area contributed by atoms with Gasteiger partial charge in [-0.25, -0.2) is 9.59 Å². The van der Waals surface area contributed by atoms with Crippen molar-refractivity contribution in [2.24, 2.45) is 11.8 Å². The molecule has 7 N–H and O–H groups in total. The third kappa shape index (κ3) is 17.1. The summed E-state index contributed by atoms with van der Waals surface area (Å²) in [5, 5.41) is 24.9. The van der Waals surface area contributed by atoms with Crippen molar-refractivity contribution >= 4 is 47.5 Å². The number of ether oxygens (including phenoxy) is 2. The highest BCUT2D eigenvalue weighted by Crippen LogP contribution is 2.14. The number of carbonyl (C=O) groups excluding carboxylic acids is 8. The molecule has 0 fully saturated rings. The molecule has 1 unspecified atom stereocenters. The van der Waals surface area contributed by atoms with Crippen LogP contribution in [0.2, 0.25) is 0 Å². The van der Waals surface area contributed by atoms with E-state index in [4.69, 9.17) is 9.47 Å². The van der Waals surface area contributed by atoms with E-state index in [2.05, 4.69) is 38.5 Å². The number of carbonyl (C=O) groups is 8. The van der Waals surface area contributed by atoms with Gasteiger partial charge >= 0.3 is 12.1 Å². The zero-order valence-electron chi connectivity index (χ0n) is 36.2. The molecule has 0 aliphatic rings. The van der Waals surface area contributed by atoms with E-state index in [0.29, 0.717) is 12.0 Å². The first-order valence-electron chi connectivity index (χ1n) is 19.7. The molecule has 0 bridgehead atoms. The highest BCUT2D eigenvalue weighted by molar-refractivity contribution is 5.97. The fourth-order valence-electron chi connectivity index (χ4n) is 5.54. The van der Waals surface area contributed by atoms with Crippen molar-refractivity contribution < 1.29 is 52.9 Å². The molecule has 1 aromatic rings. The number of nitrogens with zero attached hydrogens (tertiary/aromatic N) is 1. The molecule has 0 heterocycles. The van der Waals surface area contributed by atoms with Crippen LogP contribution in [0.15, 0.2) is 43.0 Å². The van der Waals surface area contributed by atoms with Gasteiger partial charge in [0.05, 0.1) is 13.7 Å². The standard InChI is InChI=1S/C41H65N7O11/c1-13-20-48(27(8)35(52)47-32(24(5)14-2)37(54)46-31(23(3)4)39(56)58-12)38(55)29(21-28-18-16-15-17-19-28)44-34(51)26(7)42-33(50)25(6)43-36(53)30(22-49)45-40(57)59-41(9,10)11/h13,15-19,23-27,29-32,49H,1,14,20-22H2,2-12H3,(H,42,50)(H,43,53)(H,44,51)(H,45,57)(H,46,54)(H,47,52)/t24-,25-,26-,27?,29-,30-,31-,32-/m0/s1. The Morgan fingerprint density at radius 2 is 1.29 bits per heavy atom. The Hall–Kier alpha value is -5.52. The van der Waals surface area contributed by atoms with Crippen LogP contribution in [-0.2, 0) is 49.5 Å². The number of amides is 7. The Labute approximate surface area is 347 Å². The van der Waals surface area contributed by atoms with Crippen LogP contribution < -0.4 is 31.9 Å². The number of benzene rings is 1. The molecule has 0 saturated heterocycles. The molecule has 0 spiro atoms. The molecular formula is C41H65N7O11. The molecule has 0 aliphatic heterocycles. The Balaban J connectivity index is 3.25. The summed E-state index contributed by atoms with van der Waals surface area (Å²) in [6, 6.07) is 0.433. The van der Waals surface area contributed by atoms with Crippen LogP contribution in [0.1, 0.15) is 81.2 Å². The number of alkyl carbamates (subject to hydrolysis) is 1. The van der Waals surface area contributed by atoms with Gasteiger partial charge in [0.2, 0.25) is 35.4 Å². The van der Waals surface area contributed by atoms with Crippen LogP contribution in [0.5, 0.6) is 0 Å². The van der Waals surface area contributed by atoms with Gasteiger partial charge in [-0.05, 0) is 58.9 Å². The molecule has 330 valence electrons. The summed E-state index contributed by atoms with van der Waals surface area (Å²) >= 11 is 0. The highest BCUT2D eigenvalue weighted by Gasteiger charge is 2.37. The van der Waals surface area contributed by atoms with E-state index in [1.165, 1.54) is 38.9 Å². The number of hydrogen-bond acceptors (Lipinski definition) is 11. The van der Waals surface area contributed by atoms with Crippen LogP contribution in [0.3, 0.4) is 0 Å². The maximum Gasteiger partial charge on any atom is 0.408 e. The van der Waals surface area contributed by atoms with Crippen molar-refractivity contribution in [3.05, 3.63) is 48.6 Å². The SMILES string of the molecule is C=CCN(C(=O)[C@H](Cc1ccccc1)NC(=O)[C@H](C)NC(=O)[C@H](C)NC(=O)[C@H](CO)NC(=O)OC(C)(C)C)C(C)C(=O)N[C@H](C(=O)N[C@H](C(=O)OC)C(C)C)[C@@H](C)CC. The van der Waals surface area contributed by atoms with E-state index < -0.39 is 102 Å². The second kappa shape index (κ2) is 24.4. The number of esters is 1. The molecule has 18 nitrogen and oxygen atoms in total. The smallest absolute Gasteiger partial charge is 0.408 e. The first kappa shape index (κ1) is 51.5. The molecule has 7 amide bonds. The average molecular weight is 832 g/mol. The van der Waals surface area contributed by atoms with Gasteiger partial charge in [-0.1, -0.05) is 70.5 Å². The molecule has 0 radical (unpaired) electrons. The lowest BCUT2D eigenvalue weighted by molar-refractivity contribution is -0.147. The van der Waals surface area contributed by atoms with E-state index >= 15 is 0 Å². The molecule has 0 saturated carbocycles. The van der Waals surface area contributed by atoms with Gasteiger partial charge in [-0.15, -0.1) is 6.58 Å². The zero-order chi connectivity index (χ0) is 45.2. The van der Waals surface area contributed by atoms with E-state index in [-0.39, 0.29) is 24.8 Å². The molecule has 0 aliphatic carbocycles. The van der Waals surface area contributed by atoms with Crippen LogP contribution in [0.25, 0.3) is 0 Å². The minimum Gasteiger partial charge on any atom is -0.467 e. The largest absolute Gasteiger partial charge is 0.467 e. The fourth-order valence-corrected chi connectivity index (χ4v) is 5.54. The molecule has 8 atom stereocenters. The highest BCUT2D eigenvalue weighted by atomic mass is 16.6. The number of aliphatic hydroxyl groups is 1. The Kier molecular flexibility index (Phi) is 21.3. The second-order valence-electron chi connectivity index (χ2n) is 15.7. The number of methoxy groups -OCH3 is 1. The molecule has 1 rings (SSSR count). The van der Waals surface area contributed by atoms with Crippen LogP contribution in [0.4, 0.5) is 4.79 Å².